The largest absolute Gasteiger partial charge is 0.311 e. The van der Waals surface area contributed by atoms with E-state index in [9.17, 15) is 13.2 Å². The van der Waals surface area contributed by atoms with E-state index in [1.165, 1.54) is 0 Å². The van der Waals surface area contributed by atoms with Crippen LogP contribution < -0.4 is 9.62 Å². The monoisotopic (exact) mass is 296 g/mol. The minimum atomic E-state index is -3.22. The summed E-state index contributed by atoms with van der Waals surface area (Å²) in [6, 6.07) is 7.61. The van der Waals surface area contributed by atoms with Crippen LogP contribution in [0.5, 0.6) is 0 Å². The van der Waals surface area contributed by atoms with Gasteiger partial charge in [-0.15, -0.1) is 0 Å². The molecule has 0 fully saturated rings. The van der Waals surface area contributed by atoms with Crippen molar-refractivity contribution in [3.63, 3.8) is 0 Å². The second-order valence-corrected chi connectivity index (χ2v) is 6.84. The van der Waals surface area contributed by atoms with Gasteiger partial charge in [0, 0.05) is 18.8 Å². The topological polar surface area (TPSA) is 66.5 Å². The second kappa shape index (κ2) is 6.37. The number of hydrogen-bond acceptors (Lipinski definition) is 3. The third-order valence-corrected chi connectivity index (χ3v) is 4.82. The SMILES string of the molecule is CCCCS(=O)(=O)NCCN1C(=O)Cc2ccccc21. The Labute approximate surface area is 120 Å². The van der Waals surface area contributed by atoms with E-state index in [4.69, 9.17) is 0 Å². The molecule has 0 saturated heterocycles. The van der Waals surface area contributed by atoms with Crippen molar-refractivity contribution in [1.82, 2.24) is 4.72 Å². The first kappa shape index (κ1) is 15.0. The summed E-state index contributed by atoms with van der Waals surface area (Å²) in [5, 5.41) is 0. The van der Waals surface area contributed by atoms with Crippen molar-refractivity contribution in [2.24, 2.45) is 0 Å². The molecule has 20 heavy (non-hydrogen) atoms. The maximum Gasteiger partial charge on any atom is 0.231 e. The van der Waals surface area contributed by atoms with Crippen LogP contribution in [-0.4, -0.2) is 33.2 Å². The first-order valence-corrected chi connectivity index (χ1v) is 8.54. The van der Waals surface area contributed by atoms with Crippen LogP contribution in [0.4, 0.5) is 5.69 Å². The first-order chi connectivity index (χ1) is 9.53. The second-order valence-electron chi connectivity index (χ2n) is 4.92. The van der Waals surface area contributed by atoms with Gasteiger partial charge in [-0.1, -0.05) is 31.5 Å². The van der Waals surface area contributed by atoms with Crippen molar-refractivity contribution >= 4 is 21.6 Å². The van der Waals surface area contributed by atoms with E-state index in [2.05, 4.69) is 4.72 Å². The molecule has 1 aromatic rings. The Kier molecular flexibility index (Phi) is 4.77. The van der Waals surface area contributed by atoms with E-state index in [0.29, 0.717) is 19.4 Å². The van der Waals surface area contributed by atoms with Gasteiger partial charge in [0.25, 0.3) is 0 Å². The number of fused-ring (bicyclic) bond motifs is 1. The smallest absolute Gasteiger partial charge is 0.231 e. The Bertz CT molecular complexity index is 584. The van der Waals surface area contributed by atoms with Gasteiger partial charge >= 0.3 is 0 Å². The maximum absolute atomic E-state index is 11.9. The lowest BCUT2D eigenvalue weighted by Gasteiger charge is -2.17. The number of nitrogens with zero attached hydrogens (tertiary/aromatic N) is 1. The summed E-state index contributed by atoms with van der Waals surface area (Å²) in [7, 11) is -3.22. The average Bonchev–Trinajstić information content (AvgIpc) is 2.73. The van der Waals surface area contributed by atoms with Crippen molar-refractivity contribution in [3.05, 3.63) is 29.8 Å². The number of anilines is 1. The summed E-state index contributed by atoms with van der Waals surface area (Å²) in [6.07, 6.45) is 1.90. The molecule has 1 N–H and O–H groups in total. The lowest BCUT2D eigenvalue weighted by atomic mass is 10.2. The lowest BCUT2D eigenvalue weighted by molar-refractivity contribution is -0.117. The Morgan fingerprint density at radius 3 is 2.80 bits per heavy atom. The molecule has 1 aromatic carbocycles. The van der Waals surface area contributed by atoms with Gasteiger partial charge in [-0.25, -0.2) is 13.1 Å². The molecule has 1 amide bonds. The third-order valence-electron chi connectivity index (χ3n) is 3.35. The number of rotatable bonds is 7. The molecule has 0 radical (unpaired) electrons. The fourth-order valence-corrected chi connectivity index (χ4v) is 3.50. The number of hydrogen-bond donors (Lipinski definition) is 1. The summed E-state index contributed by atoms with van der Waals surface area (Å²) in [5.74, 6) is 0.174. The molecule has 0 unspecified atom stereocenters. The standard InChI is InChI=1S/C14H20N2O3S/c1-2-3-10-20(18,19)15-8-9-16-13-7-5-4-6-12(13)11-14(16)17/h4-7,15H,2-3,8-11H2,1H3. The molecule has 0 aromatic heterocycles. The van der Waals surface area contributed by atoms with Crippen molar-refractivity contribution in [1.29, 1.82) is 0 Å². The highest BCUT2D eigenvalue weighted by atomic mass is 32.2. The van der Waals surface area contributed by atoms with Crippen LogP contribution in [0.2, 0.25) is 0 Å². The summed E-state index contributed by atoms with van der Waals surface area (Å²) in [5.41, 5.74) is 1.90. The van der Waals surface area contributed by atoms with E-state index in [0.717, 1.165) is 17.7 Å². The molecule has 2 rings (SSSR count). The molecule has 0 bridgehead atoms. The van der Waals surface area contributed by atoms with Crippen LogP contribution >= 0.6 is 0 Å². The summed E-state index contributed by atoms with van der Waals surface area (Å²) in [4.78, 5) is 13.6. The normalized spacial score (nSPS) is 14.7. The Morgan fingerprint density at radius 2 is 2.05 bits per heavy atom. The van der Waals surface area contributed by atoms with Crippen LogP contribution in [0, 0.1) is 0 Å². The number of unbranched alkanes of at least 4 members (excludes halogenated alkanes) is 1. The van der Waals surface area contributed by atoms with Crippen LogP contribution in [-0.2, 0) is 21.2 Å². The van der Waals surface area contributed by atoms with E-state index < -0.39 is 10.0 Å². The molecular weight excluding hydrogens is 276 g/mol. The van der Waals surface area contributed by atoms with E-state index in [1.54, 1.807) is 4.90 Å². The molecule has 0 atom stereocenters. The lowest BCUT2D eigenvalue weighted by Crippen LogP contribution is -2.37. The van der Waals surface area contributed by atoms with Gasteiger partial charge in [-0.05, 0) is 18.1 Å². The molecule has 1 aliphatic rings. The fourth-order valence-electron chi connectivity index (χ4n) is 2.28. The molecule has 1 aliphatic heterocycles. The van der Waals surface area contributed by atoms with Gasteiger partial charge in [0.05, 0.1) is 12.2 Å². The highest BCUT2D eigenvalue weighted by Gasteiger charge is 2.26. The number of para-hydroxylation sites is 1. The van der Waals surface area contributed by atoms with Gasteiger partial charge < -0.3 is 4.90 Å². The van der Waals surface area contributed by atoms with Crippen molar-refractivity contribution in [2.45, 2.75) is 26.2 Å². The summed E-state index contributed by atoms with van der Waals surface area (Å²) < 4.78 is 25.9. The van der Waals surface area contributed by atoms with Gasteiger partial charge in [0.1, 0.15) is 0 Å². The van der Waals surface area contributed by atoms with Gasteiger partial charge in [0.15, 0.2) is 0 Å². The zero-order chi connectivity index (χ0) is 14.6. The minimum absolute atomic E-state index is 0.0268. The van der Waals surface area contributed by atoms with Crippen LogP contribution in [0.25, 0.3) is 0 Å². The zero-order valence-corrected chi connectivity index (χ0v) is 12.4. The molecule has 1 heterocycles. The molecular formula is C14H20N2O3S. The highest BCUT2D eigenvalue weighted by molar-refractivity contribution is 7.89. The fraction of sp³-hybridized carbons (Fsp3) is 0.500. The highest BCUT2D eigenvalue weighted by Crippen LogP contribution is 2.27. The minimum Gasteiger partial charge on any atom is -0.311 e. The predicted molar refractivity (Wildman–Crippen MR) is 79.2 cm³/mol. The molecule has 0 aliphatic carbocycles. The van der Waals surface area contributed by atoms with Crippen molar-refractivity contribution in [2.75, 3.05) is 23.7 Å². The quantitative estimate of drug-likeness (QED) is 0.824. The Morgan fingerprint density at radius 1 is 1.30 bits per heavy atom. The molecule has 110 valence electrons. The van der Waals surface area contributed by atoms with Crippen LogP contribution in [0.15, 0.2) is 24.3 Å². The van der Waals surface area contributed by atoms with E-state index in [-0.39, 0.29) is 18.2 Å². The molecule has 0 spiro atoms. The third kappa shape index (κ3) is 3.58. The number of benzene rings is 1. The number of carbonyl (C=O) groups is 1. The van der Waals surface area contributed by atoms with Crippen molar-refractivity contribution < 1.29 is 13.2 Å². The molecule has 6 heteroatoms. The first-order valence-electron chi connectivity index (χ1n) is 6.89. The molecule has 5 nitrogen and oxygen atoms in total. The van der Waals surface area contributed by atoms with Crippen LogP contribution in [0.3, 0.4) is 0 Å². The number of carbonyl (C=O) groups excluding carboxylic acids is 1. The number of nitrogens with one attached hydrogen (secondary N) is 1. The summed E-state index contributed by atoms with van der Waals surface area (Å²) in [6.45, 7) is 2.59. The zero-order valence-electron chi connectivity index (χ0n) is 11.6. The molecule has 0 saturated carbocycles. The summed E-state index contributed by atoms with van der Waals surface area (Å²) >= 11 is 0. The van der Waals surface area contributed by atoms with Gasteiger partial charge in [-0.2, -0.15) is 0 Å². The Balaban J connectivity index is 1.90. The van der Waals surface area contributed by atoms with Crippen LogP contribution in [0.1, 0.15) is 25.3 Å². The van der Waals surface area contributed by atoms with E-state index >= 15 is 0 Å². The predicted octanol–water partition coefficient (Wildman–Crippen LogP) is 1.30. The van der Waals surface area contributed by atoms with Crippen molar-refractivity contribution in [3.8, 4) is 0 Å². The number of sulfonamides is 1. The Hall–Kier alpha value is -1.40. The maximum atomic E-state index is 11.9. The van der Waals surface area contributed by atoms with Gasteiger partial charge in [0.2, 0.25) is 15.9 Å². The van der Waals surface area contributed by atoms with E-state index in [1.807, 2.05) is 31.2 Å². The van der Waals surface area contributed by atoms with Gasteiger partial charge in [-0.3, -0.25) is 4.79 Å². The number of amides is 1. The average molecular weight is 296 g/mol.